The van der Waals surface area contributed by atoms with Crippen LogP contribution < -0.4 is 5.56 Å². The minimum Gasteiger partial charge on any atom is -0.283 e. The minimum atomic E-state index is -3.62. The summed E-state index contributed by atoms with van der Waals surface area (Å²) in [5.41, 5.74) is 0.727. The fourth-order valence-electron chi connectivity index (χ4n) is 2.54. The first kappa shape index (κ1) is 18.0. The molecule has 1 aromatic heterocycles. The van der Waals surface area contributed by atoms with Crippen LogP contribution in [0, 0.1) is 0 Å². The first-order chi connectivity index (χ1) is 11.8. The Labute approximate surface area is 158 Å². The largest absolute Gasteiger partial charge is 0.286 e. The van der Waals surface area contributed by atoms with Gasteiger partial charge in [-0.25, -0.2) is 13.1 Å². The number of nitrogens with zero attached hydrogens (tertiary/aromatic N) is 2. The van der Waals surface area contributed by atoms with Gasteiger partial charge in [0.2, 0.25) is 0 Å². The van der Waals surface area contributed by atoms with E-state index in [0.29, 0.717) is 16.4 Å². The summed E-state index contributed by atoms with van der Waals surface area (Å²) in [7, 11) is -1.96. The summed E-state index contributed by atoms with van der Waals surface area (Å²) < 4.78 is 28.6. The zero-order valence-electron chi connectivity index (χ0n) is 13.2. The second-order valence-corrected chi connectivity index (χ2v) is 8.67. The van der Waals surface area contributed by atoms with Crippen LogP contribution >= 0.6 is 27.5 Å². The van der Waals surface area contributed by atoms with E-state index in [0.717, 1.165) is 0 Å². The third kappa shape index (κ3) is 3.44. The highest BCUT2D eigenvalue weighted by atomic mass is 79.9. The Hall–Kier alpha value is -1.83. The molecule has 0 saturated carbocycles. The molecule has 1 heterocycles. The normalized spacial score (nSPS) is 11.6. The van der Waals surface area contributed by atoms with E-state index >= 15 is 0 Å². The van der Waals surface area contributed by atoms with Crippen molar-refractivity contribution < 1.29 is 8.42 Å². The predicted octanol–water partition coefficient (Wildman–Crippen LogP) is 3.57. The highest BCUT2D eigenvalue weighted by Gasteiger charge is 2.23. The Morgan fingerprint density at radius 1 is 1.04 bits per heavy atom. The molecule has 5 nitrogen and oxygen atoms in total. The van der Waals surface area contributed by atoms with Crippen molar-refractivity contribution in [3.8, 4) is 5.69 Å². The summed E-state index contributed by atoms with van der Waals surface area (Å²) in [6.45, 7) is 0. The molecule has 0 aliphatic heterocycles. The maximum absolute atomic E-state index is 12.7. The van der Waals surface area contributed by atoms with Gasteiger partial charge in [0.15, 0.2) is 9.84 Å². The molecule has 8 heteroatoms. The third-order valence-electron chi connectivity index (χ3n) is 3.82. The third-order valence-corrected chi connectivity index (χ3v) is 6.52. The monoisotopic (exact) mass is 440 g/mol. The van der Waals surface area contributed by atoms with Gasteiger partial charge >= 0.3 is 0 Å². The molecule has 3 aromatic rings. The van der Waals surface area contributed by atoms with E-state index in [9.17, 15) is 13.2 Å². The van der Waals surface area contributed by atoms with Crippen LogP contribution in [0.15, 0.2) is 68.8 Å². The Bertz CT molecular complexity index is 1070. The summed E-state index contributed by atoms with van der Waals surface area (Å²) in [5, 5.41) is 0.461. The minimum absolute atomic E-state index is 0.156. The van der Waals surface area contributed by atoms with Gasteiger partial charge in [0, 0.05) is 12.1 Å². The van der Waals surface area contributed by atoms with E-state index in [1.54, 1.807) is 23.9 Å². The second kappa shape index (κ2) is 6.82. The van der Waals surface area contributed by atoms with Gasteiger partial charge in [-0.1, -0.05) is 29.8 Å². The first-order valence-corrected chi connectivity index (χ1v) is 10.1. The van der Waals surface area contributed by atoms with Crippen molar-refractivity contribution in [2.24, 2.45) is 7.05 Å². The Kier molecular flexibility index (Phi) is 4.90. The van der Waals surface area contributed by atoms with E-state index in [1.165, 1.54) is 28.9 Å². The van der Waals surface area contributed by atoms with Crippen LogP contribution in [0.4, 0.5) is 0 Å². The molecule has 0 atom stereocenters. The first-order valence-electron chi connectivity index (χ1n) is 7.31. The number of rotatable bonds is 4. The van der Waals surface area contributed by atoms with Crippen molar-refractivity contribution in [1.82, 2.24) is 9.36 Å². The number of sulfone groups is 1. The average molecular weight is 442 g/mol. The van der Waals surface area contributed by atoms with Crippen molar-refractivity contribution in [1.29, 1.82) is 0 Å². The number of hydrogen-bond acceptors (Lipinski definition) is 3. The van der Waals surface area contributed by atoms with E-state index in [1.807, 2.05) is 18.2 Å². The molecule has 25 heavy (non-hydrogen) atoms. The van der Waals surface area contributed by atoms with Crippen LogP contribution in [0.5, 0.6) is 0 Å². The molecule has 0 amide bonds. The van der Waals surface area contributed by atoms with Crippen molar-refractivity contribution in [3.63, 3.8) is 0 Å². The lowest BCUT2D eigenvalue weighted by atomic mass is 10.3. The molecule has 0 spiro atoms. The zero-order valence-corrected chi connectivity index (χ0v) is 16.3. The van der Waals surface area contributed by atoms with Crippen molar-refractivity contribution >= 4 is 37.4 Å². The number of halogens is 2. The van der Waals surface area contributed by atoms with Crippen molar-refractivity contribution in [2.45, 2.75) is 10.6 Å². The smallest absolute Gasteiger partial charge is 0.283 e. The van der Waals surface area contributed by atoms with Crippen molar-refractivity contribution in [3.05, 3.63) is 80.1 Å². The highest BCUT2D eigenvalue weighted by molar-refractivity contribution is 9.10. The van der Waals surface area contributed by atoms with E-state index < -0.39 is 9.84 Å². The van der Waals surface area contributed by atoms with Gasteiger partial charge in [-0.2, -0.15) is 0 Å². The van der Waals surface area contributed by atoms with Crippen LogP contribution in [0.25, 0.3) is 5.69 Å². The van der Waals surface area contributed by atoms with Crippen LogP contribution in [-0.2, 0) is 22.6 Å². The van der Waals surface area contributed by atoms with E-state index in [4.69, 9.17) is 11.6 Å². The van der Waals surface area contributed by atoms with Gasteiger partial charge in [-0.3, -0.25) is 9.48 Å². The molecule has 130 valence electrons. The predicted molar refractivity (Wildman–Crippen MR) is 101 cm³/mol. The Balaban J connectivity index is 2.07. The molecular weight excluding hydrogens is 428 g/mol. The Morgan fingerprint density at radius 3 is 2.24 bits per heavy atom. The van der Waals surface area contributed by atoms with Gasteiger partial charge in [-0.05, 0) is 52.3 Å². The summed E-state index contributed by atoms with van der Waals surface area (Å²) in [6, 6.07) is 15.0. The SMILES string of the molecule is Cn1c(CS(=O)(=O)c2ccc(Cl)cc2)c(Br)c(=O)n1-c1ccccc1. The van der Waals surface area contributed by atoms with Gasteiger partial charge in [0.05, 0.1) is 22.0 Å². The molecule has 0 aliphatic carbocycles. The highest BCUT2D eigenvalue weighted by Crippen LogP contribution is 2.23. The van der Waals surface area contributed by atoms with Crippen LogP contribution in [0.1, 0.15) is 5.69 Å². The van der Waals surface area contributed by atoms with Gasteiger partial charge in [0.25, 0.3) is 5.56 Å². The maximum Gasteiger partial charge on any atom is 0.286 e. The maximum atomic E-state index is 12.7. The van der Waals surface area contributed by atoms with Gasteiger partial charge in [0.1, 0.15) is 4.47 Å². The Morgan fingerprint density at radius 2 is 1.64 bits per heavy atom. The topological polar surface area (TPSA) is 61.1 Å². The standard InChI is InChI=1S/C17H14BrClN2O3S/c1-20-15(11-25(23,24)14-9-7-12(19)8-10-14)16(18)17(22)21(20)13-5-3-2-4-6-13/h2-10H,11H2,1H3. The molecule has 0 radical (unpaired) electrons. The number of hydrogen-bond donors (Lipinski definition) is 0. The molecule has 0 N–H and O–H groups in total. The van der Waals surface area contributed by atoms with Gasteiger partial charge < -0.3 is 0 Å². The quantitative estimate of drug-likeness (QED) is 0.622. The summed E-state index contributed by atoms with van der Waals surface area (Å²) in [4.78, 5) is 12.7. The lowest BCUT2D eigenvalue weighted by Crippen LogP contribution is -2.20. The molecule has 0 saturated heterocycles. The number of para-hydroxylation sites is 1. The number of aromatic nitrogens is 2. The fourth-order valence-corrected chi connectivity index (χ4v) is 4.82. The molecule has 3 rings (SSSR count). The molecular formula is C17H14BrClN2O3S. The van der Waals surface area contributed by atoms with E-state index in [2.05, 4.69) is 15.9 Å². The van der Waals surface area contributed by atoms with Crippen LogP contribution in [0.3, 0.4) is 0 Å². The zero-order chi connectivity index (χ0) is 18.2. The van der Waals surface area contributed by atoms with Crippen molar-refractivity contribution in [2.75, 3.05) is 0 Å². The molecule has 2 aromatic carbocycles. The molecule has 0 unspecified atom stereocenters. The summed E-state index contributed by atoms with van der Waals surface area (Å²) >= 11 is 9.06. The lowest BCUT2D eigenvalue weighted by molar-refractivity contribution is 0.585. The second-order valence-electron chi connectivity index (χ2n) is 5.45. The van der Waals surface area contributed by atoms with Gasteiger partial charge in [-0.15, -0.1) is 0 Å². The van der Waals surface area contributed by atoms with Crippen LogP contribution in [0.2, 0.25) is 5.02 Å². The molecule has 0 aliphatic rings. The molecule has 0 bridgehead atoms. The summed E-state index contributed by atoms with van der Waals surface area (Å²) in [5.74, 6) is -0.305. The van der Waals surface area contributed by atoms with E-state index in [-0.39, 0.29) is 20.7 Å². The average Bonchev–Trinajstić information content (AvgIpc) is 2.79. The number of benzene rings is 2. The molecule has 0 fully saturated rings. The lowest BCUT2D eigenvalue weighted by Gasteiger charge is -2.10. The summed E-state index contributed by atoms with van der Waals surface area (Å²) in [6.07, 6.45) is 0. The van der Waals surface area contributed by atoms with Crippen LogP contribution in [-0.4, -0.2) is 17.8 Å². The fraction of sp³-hybridized carbons (Fsp3) is 0.118.